The Labute approximate surface area is 129 Å². The number of hydrogen-bond acceptors (Lipinski definition) is 3. The van der Waals surface area contributed by atoms with Crippen molar-refractivity contribution in [2.24, 2.45) is 0 Å². The Morgan fingerprint density at radius 3 is 2.59 bits per heavy atom. The first-order valence-electron chi connectivity index (χ1n) is 7.47. The van der Waals surface area contributed by atoms with Crippen LogP contribution in [0.2, 0.25) is 0 Å². The van der Waals surface area contributed by atoms with Crippen LogP contribution in [0.5, 0.6) is 5.75 Å². The first kappa shape index (κ1) is 14.3. The van der Waals surface area contributed by atoms with Gasteiger partial charge in [-0.05, 0) is 30.7 Å². The monoisotopic (exact) mass is 294 g/mol. The van der Waals surface area contributed by atoms with Gasteiger partial charge in [-0.1, -0.05) is 37.3 Å². The number of nitrogens with zero attached hydrogens (tertiary/aromatic N) is 2. The number of fused-ring (bicyclic) bond motifs is 1. The van der Waals surface area contributed by atoms with Crippen molar-refractivity contribution < 1.29 is 9.53 Å². The second kappa shape index (κ2) is 6.43. The minimum absolute atomic E-state index is 0.00107. The molecule has 0 N–H and O–H groups in total. The van der Waals surface area contributed by atoms with Crippen LogP contribution in [0.1, 0.15) is 24.0 Å². The lowest BCUT2D eigenvalue weighted by Gasteiger charge is -2.09. The number of aryl methyl sites for hydroxylation is 1. The van der Waals surface area contributed by atoms with Crippen LogP contribution in [0.3, 0.4) is 0 Å². The maximum atomic E-state index is 12.6. The lowest BCUT2D eigenvalue weighted by Crippen LogP contribution is -2.21. The molecule has 0 amide bonds. The van der Waals surface area contributed by atoms with Crippen molar-refractivity contribution in [3.8, 4) is 5.75 Å². The SMILES string of the molecule is CCCc1nc2ccccc2n1C(=O)COc1ccccc1. The third kappa shape index (κ3) is 2.86. The number of aromatic nitrogens is 2. The quantitative estimate of drug-likeness (QED) is 0.720. The van der Waals surface area contributed by atoms with E-state index in [9.17, 15) is 4.79 Å². The summed E-state index contributed by atoms with van der Waals surface area (Å²) in [5.74, 6) is 1.39. The van der Waals surface area contributed by atoms with Crippen LogP contribution in [0.25, 0.3) is 11.0 Å². The van der Waals surface area contributed by atoms with Gasteiger partial charge in [0.1, 0.15) is 11.6 Å². The summed E-state index contributed by atoms with van der Waals surface area (Å²) in [6.07, 6.45) is 1.71. The van der Waals surface area contributed by atoms with E-state index in [1.165, 1.54) is 0 Å². The maximum absolute atomic E-state index is 12.6. The molecule has 1 aromatic heterocycles. The minimum Gasteiger partial charge on any atom is -0.484 e. The van der Waals surface area contributed by atoms with Gasteiger partial charge >= 0.3 is 0 Å². The molecule has 0 aliphatic carbocycles. The van der Waals surface area contributed by atoms with Crippen LogP contribution >= 0.6 is 0 Å². The van der Waals surface area contributed by atoms with Gasteiger partial charge in [-0.2, -0.15) is 0 Å². The van der Waals surface area contributed by atoms with E-state index in [1.54, 1.807) is 4.57 Å². The van der Waals surface area contributed by atoms with Crippen LogP contribution in [-0.4, -0.2) is 22.1 Å². The maximum Gasteiger partial charge on any atom is 0.270 e. The molecule has 3 aromatic rings. The molecular weight excluding hydrogens is 276 g/mol. The normalized spacial score (nSPS) is 10.8. The van der Waals surface area contributed by atoms with Crippen molar-refractivity contribution in [3.63, 3.8) is 0 Å². The summed E-state index contributed by atoms with van der Waals surface area (Å²) in [7, 11) is 0. The molecule has 0 spiro atoms. The summed E-state index contributed by atoms with van der Waals surface area (Å²) >= 11 is 0. The molecule has 4 nitrogen and oxygen atoms in total. The molecule has 0 saturated carbocycles. The zero-order valence-electron chi connectivity index (χ0n) is 12.5. The number of hydrogen-bond donors (Lipinski definition) is 0. The van der Waals surface area contributed by atoms with Crippen LogP contribution in [0.15, 0.2) is 54.6 Å². The zero-order chi connectivity index (χ0) is 15.4. The predicted octanol–water partition coefficient (Wildman–Crippen LogP) is 3.71. The van der Waals surface area contributed by atoms with Crippen molar-refractivity contribution in [1.29, 1.82) is 0 Å². The Hall–Kier alpha value is -2.62. The average Bonchev–Trinajstić information content (AvgIpc) is 2.92. The predicted molar refractivity (Wildman–Crippen MR) is 86.3 cm³/mol. The van der Waals surface area contributed by atoms with Gasteiger partial charge in [0, 0.05) is 6.42 Å². The Balaban J connectivity index is 1.87. The first-order valence-corrected chi connectivity index (χ1v) is 7.47. The summed E-state index contributed by atoms with van der Waals surface area (Å²) in [4.78, 5) is 17.2. The Morgan fingerprint density at radius 2 is 1.82 bits per heavy atom. The molecule has 0 aliphatic rings. The number of ether oxygens (including phenoxy) is 1. The molecule has 3 rings (SSSR count). The molecule has 0 radical (unpaired) electrons. The molecule has 2 aromatic carbocycles. The molecule has 0 aliphatic heterocycles. The van der Waals surface area contributed by atoms with Gasteiger partial charge in [0.25, 0.3) is 5.91 Å². The Morgan fingerprint density at radius 1 is 1.09 bits per heavy atom. The second-order valence-corrected chi connectivity index (χ2v) is 5.10. The molecule has 1 heterocycles. The second-order valence-electron chi connectivity index (χ2n) is 5.10. The fourth-order valence-electron chi connectivity index (χ4n) is 2.47. The zero-order valence-corrected chi connectivity index (χ0v) is 12.5. The summed E-state index contributed by atoms with van der Waals surface area (Å²) in [5, 5.41) is 0. The number of rotatable bonds is 5. The summed E-state index contributed by atoms with van der Waals surface area (Å²) in [6, 6.07) is 17.1. The van der Waals surface area contributed by atoms with Gasteiger partial charge in [0.2, 0.25) is 0 Å². The van der Waals surface area contributed by atoms with Gasteiger partial charge in [-0.25, -0.2) is 4.98 Å². The summed E-state index contributed by atoms with van der Waals surface area (Å²) in [5.41, 5.74) is 1.69. The Bertz CT molecular complexity index is 778. The van der Waals surface area contributed by atoms with Crippen LogP contribution in [-0.2, 0) is 6.42 Å². The van der Waals surface area contributed by atoms with E-state index in [-0.39, 0.29) is 12.5 Å². The smallest absolute Gasteiger partial charge is 0.270 e. The Kier molecular flexibility index (Phi) is 4.19. The largest absolute Gasteiger partial charge is 0.484 e. The van der Waals surface area contributed by atoms with Crippen molar-refractivity contribution in [2.75, 3.05) is 6.61 Å². The molecule has 22 heavy (non-hydrogen) atoms. The van der Waals surface area contributed by atoms with E-state index < -0.39 is 0 Å². The van der Waals surface area contributed by atoms with Gasteiger partial charge < -0.3 is 4.74 Å². The van der Waals surface area contributed by atoms with Crippen LogP contribution in [0.4, 0.5) is 0 Å². The highest BCUT2D eigenvalue weighted by Gasteiger charge is 2.16. The lowest BCUT2D eigenvalue weighted by atomic mass is 10.3. The van der Waals surface area contributed by atoms with Crippen molar-refractivity contribution >= 4 is 16.9 Å². The summed E-state index contributed by atoms with van der Waals surface area (Å²) < 4.78 is 7.26. The highest BCUT2D eigenvalue weighted by Crippen LogP contribution is 2.17. The van der Waals surface area contributed by atoms with Crippen molar-refractivity contribution in [2.45, 2.75) is 19.8 Å². The molecule has 0 unspecified atom stereocenters. The van der Waals surface area contributed by atoms with Gasteiger partial charge in [-0.15, -0.1) is 0 Å². The molecule has 0 bridgehead atoms. The van der Waals surface area contributed by atoms with Gasteiger partial charge in [0.15, 0.2) is 6.61 Å². The topological polar surface area (TPSA) is 44.1 Å². The molecular formula is C18H18N2O2. The first-order chi connectivity index (χ1) is 10.8. The third-order valence-electron chi connectivity index (χ3n) is 3.46. The molecule has 4 heteroatoms. The third-order valence-corrected chi connectivity index (χ3v) is 3.46. The molecule has 0 fully saturated rings. The molecule has 112 valence electrons. The van der Waals surface area contributed by atoms with Crippen LogP contribution < -0.4 is 4.74 Å². The van der Waals surface area contributed by atoms with Crippen molar-refractivity contribution in [1.82, 2.24) is 9.55 Å². The fourth-order valence-corrected chi connectivity index (χ4v) is 2.47. The standard InChI is InChI=1S/C18H18N2O2/c1-2-8-17-19-15-11-6-7-12-16(15)20(17)18(21)13-22-14-9-4-3-5-10-14/h3-7,9-12H,2,8,13H2,1H3. The fraction of sp³-hybridized carbons (Fsp3) is 0.222. The highest BCUT2D eigenvalue weighted by atomic mass is 16.5. The number of imidazole rings is 1. The van der Waals surface area contributed by atoms with E-state index in [4.69, 9.17) is 4.74 Å². The van der Waals surface area contributed by atoms with E-state index in [2.05, 4.69) is 11.9 Å². The minimum atomic E-state index is -0.0963. The van der Waals surface area contributed by atoms with Crippen molar-refractivity contribution in [3.05, 3.63) is 60.4 Å². The highest BCUT2D eigenvalue weighted by molar-refractivity contribution is 5.91. The van der Waals surface area contributed by atoms with E-state index >= 15 is 0 Å². The van der Waals surface area contributed by atoms with Gasteiger partial charge in [-0.3, -0.25) is 9.36 Å². The number of benzene rings is 2. The summed E-state index contributed by atoms with van der Waals surface area (Å²) in [6.45, 7) is 2.08. The van der Waals surface area contributed by atoms with Gasteiger partial charge in [0.05, 0.1) is 11.0 Å². The van der Waals surface area contributed by atoms with E-state index in [0.29, 0.717) is 5.75 Å². The lowest BCUT2D eigenvalue weighted by molar-refractivity contribution is 0.0839. The average molecular weight is 294 g/mol. The van der Waals surface area contributed by atoms with E-state index in [1.807, 2.05) is 54.6 Å². The number of carbonyl (C=O) groups excluding carboxylic acids is 1. The molecule has 0 saturated heterocycles. The number of para-hydroxylation sites is 3. The number of carbonyl (C=O) groups is 1. The molecule has 0 atom stereocenters. The van der Waals surface area contributed by atoms with E-state index in [0.717, 1.165) is 29.7 Å². The van der Waals surface area contributed by atoms with Crippen LogP contribution in [0, 0.1) is 0 Å².